The van der Waals surface area contributed by atoms with Crippen molar-refractivity contribution in [2.24, 2.45) is 0 Å². The van der Waals surface area contributed by atoms with Gasteiger partial charge in [-0.25, -0.2) is 13.5 Å². The fourth-order valence-corrected chi connectivity index (χ4v) is 2.84. The van der Waals surface area contributed by atoms with Gasteiger partial charge in [0.2, 0.25) is 0 Å². The van der Waals surface area contributed by atoms with E-state index in [4.69, 9.17) is 0 Å². The molecule has 3 atom stereocenters. The number of hydrogen-bond donors (Lipinski definition) is 0. The Kier molecular flexibility index (Phi) is 3.62. The molecule has 1 unspecified atom stereocenters. The van der Waals surface area contributed by atoms with Gasteiger partial charge in [0.05, 0.1) is 17.2 Å². The molecule has 0 spiro atoms. The van der Waals surface area contributed by atoms with E-state index >= 15 is 0 Å². The second kappa shape index (κ2) is 5.30. The van der Waals surface area contributed by atoms with Crippen LogP contribution >= 0.6 is 0 Å². The Morgan fingerprint density at radius 2 is 2.05 bits per heavy atom. The van der Waals surface area contributed by atoms with Gasteiger partial charge in [-0.1, -0.05) is 18.2 Å². The van der Waals surface area contributed by atoms with Gasteiger partial charge in [-0.2, -0.15) is 13.8 Å². The molecule has 0 saturated carbocycles. The fourth-order valence-electron chi connectivity index (χ4n) is 2.33. The van der Waals surface area contributed by atoms with E-state index in [1.165, 1.54) is 18.2 Å². The first-order valence-corrected chi connectivity index (χ1v) is 7.24. The molecule has 1 aromatic heterocycles. The monoisotopic (exact) mass is 319 g/mol. The maximum atomic E-state index is 13.9. The van der Waals surface area contributed by atoms with Crippen molar-refractivity contribution in [1.29, 1.82) is 0 Å². The van der Waals surface area contributed by atoms with E-state index in [1.54, 1.807) is 6.07 Å². The molecular weight excluding hydrogens is 310 g/mol. The van der Waals surface area contributed by atoms with E-state index in [-0.39, 0.29) is 17.8 Å². The van der Waals surface area contributed by atoms with Crippen LogP contribution in [0.4, 0.5) is 17.6 Å². The summed E-state index contributed by atoms with van der Waals surface area (Å²) in [6, 6.07) is 4.97. The molecule has 4 nitrogen and oxygen atoms in total. The Morgan fingerprint density at radius 3 is 2.71 bits per heavy atom. The molecule has 21 heavy (non-hydrogen) atoms. The van der Waals surface area contributed by atoms with Crippen LogP contribution in [0.1, 0.15) is 30.0 Å². The Bertz CT molecular complexity index is 666. The molecule has 0 N–H and O–H groups in total. The van der Waals surface area contributed by atoms with E-state index in [9.17, 15) is 22.1 Å². The highest BCUT2D eigenvalue weighted by atomic mass is 32.2. The minimum Gasteiger partial charge on any atom is -0.604 e. The fraction of sp³-hybridized carbons (Fsp3) is 0.333. The van der Waals surface area contributed by atoms with Crippen molar-refractivity contribution in [3.63, 3.8) is 0 Å². The van der Waals surface area contributed by atoms with Crippen LogP contribution in [0.15, 0.2) is 29.4 Å². The maximum absolute atomic E-state index is 13.9. The van der Waals surface area contributed by atoms with E-state index < -0.39 is 40.1 Å². The summed E-state index contributed by atoms with van der Waals surface area (Å²) in [4.78, 5) is 3.57. The lowest BCUT2D eigenvalue weighted by atomic mass is 10.0. The number of benzene rings is 1. The predicted molar refractivity (Wildman–Crippen MR) is 65.4 cm³/mol. The molecule has 0 bridgehead atoms. The van der Waals surface area contributed by atoms with Crippen molar-refractivity contribution < 1.29 is 22.1 Å². The molecule has 0 radical (unpaired) electrons. The largest absolute Gasteiger partial charge is 0.604 e. The van der Waals surface area contributed by atoms with Crippen molar-refractivity contribution in [3.05, 3.63) is 41.5 Å². The number of hydrogen-bond acceptors (Lipinski definition) is 3. The molecule has 2 heterocycles. The maximum Gasteiger partial charge on any atom is 0.405 e. The molecule has 9 heteroatoms. The minimum atomic E-state index is -3.15. The van der Waals surface area contributed by atoms with Crippen LogP contribution in [0.3, 0.4) is 0 Å². The first-order chi connectivity index (χ1) is 9.99. The smallest absolute Gasteiger partial charge is 0.405 e. The van der Waals surface area contributed by atoms with Crippen LogP contribution in [-0.2, 0) is 11.2 Å². The molecule has 0 amide bonds. The first kappa shape index (κ1) is 14.3. The summed E-state index contributed by atoms with van der Waals surface area (Å²) in [5, 5.41) is 3.04. The normalized spacial score (nSPS) is 22.6. The molecule has 0 fully saturated rings. The summed E-state index contributed by atoms with van der Waals surface area (Å²) >= 11 is -2.72. The van der Waals surface area contributed by atoms with Gasteiger partial charge in [-0.3, -0.25) is 0 Å². The van der Waals surface area contributed by atoms with Gasteiger partial charge in [0, 0.05) is 12.0 Å². The van der Waals surface area contributed by atoms with Crippen molar-refractivity contribution in [1.82, 2.24) is 14.8 Å². The third kappa shape index (κ3) is 2.40. The summed E-state index contributed by atoms with van der Waals surface area (Å²) in [6.45, 7) is 0. The molecule has 1 aliphatic rings. The highest BCUT2D eigenvalue weighted by molar-refractivity contribution is 7.91. The molecule has 0 aliphatic carbocycles. The van der Waals surface area contributed by atoms with E-state index in [0.29, 0.717) is 0 Å². The standard InChI is InChI=1S/C12H9F4N3OS/c13-7-4-2-1-3-6(7)9-5-8(14)10-17-12(18-19(9)10)21(20)11(15)16/h1-4,8-9,11H,5H2/t8-,9-,21?/m0/s1. The van der Waals surface area contributed by atoms with E-state index in [1.807, 2.05) is 0 Å². The van der Waals surface area contributed by atoms with Gasteiger partial charge in [0.25, 0.3) is 0 Å². The Hall–Kier alpha value is -1.61. The van der Waals surface area contributed by atoms with Crippen molar-refractivity contribution >= 4 is 11.2 Å². The number of halogens is 4. The zero-order valence-electron chi connectivity index (χ0n) is 10.4. The Balaban J connectivity index is 2.01. The van der Waals surface area contributed by atoms with Crippen LogP contribution in [-0.4, -0.2) is 25.1 Å². The van der Waals surface area contributed by atoms with Gasteiger partial charge in [-0.15, -0.1) is 5.10 Å². The zero-order valence-corrected chi connectivity index (χ0v) is 11.2. The summed E-state index contributed by atoms with van der Waals surface area (Å²) in [7, 11) is 0. The van der Waals surface area contributed by atoms with Crippen LogP contribution in [0, 0.1) is 5.82 Å². The first-order valence-electron chi connectivity index (χ1n) is 6.02. The topological polar surface area (TPSA) is 53.8 Å². The van der Waals surface area contributed by atoms with Gasteiger partial charge in [-0.05, 0) is 6.07 Å². The lowest BCUT2D eigenvalue weighted by Gasteiger charge is -2.12. The third-order valence-electron chi connectivity index (χ3n) is 3.25. The molecule has 1 aromatic carbocycles. The quantitative estimate of drug-likeness (QED) is 0.646. The zero-order chi connectivity index (χ0) is 15.1. The molecule has 112 valence electrons. The number of alkyl halides is 3. The van der Waals surface area contributed by atoms with Crippen molar-refractivity contribution in [2.75, 3.05) is 0 Å². The number of fused-ring (bicyclic) bond motifs is 1. The molecule has 2 aromatic rings. The van der Waals surface area contributed by atoms with E-state index in [0.717, 1.165) is 4.68 Å². The van der Waals surface area contributed by atoms with Gasteiger partial charge in [0.1, 0.15) is 5.82 Å². The van der Waals surface area contributed by atoms with Crippen LogP contribution in [0.5, 0.6) is 0 Å². The van der Waals surface area contributed by atoms with E-state index in [2.05, 4.69) is 10.1 Å². The summed E-state index contributed by atoms with van der Waals surface area (Å²) < 4.78 is 64.9. The Morgan fingerprint density at radius 1 is 1.33 bits per heavy atom. The van der Waals surface area contributed by atoms with Gasteiger partial charge in [0.15, 0.2) is 12.0 Å². The second-order valence-electron chi connectivity index (χ2n) is 4.50. The second-order valence-corrected chi connectivity index (χ2v) is 5.81. The highest BCUT2D eigenvalue weighted by Gasteiger charge is 2.40. The molecule has 1 aliphatic heterocycles. The van der Waals surface area contributed by atoms with Crippen molar-refractivity contribution in [2.45, 2.75) is 29.5 Å². The van der Waals surface area contributed by atoms with Gasteiger partial charge >= 0.3 is 10.9 Å². The Labute approximate surface area is 120 Å². The molecule has 0 saturated heterocycles. The average molecular weight is 319 g/mol. The lowest BCUT2D eigenvalue weighted by Crippen LogP contribution is -2.15. The number of rotatable bonds is 3. The summed E-state index contributed by atoms with van der Waals surface area (Å²) in [6.07, 6.45) is -1.65. The lowest BCUT2D eigenvalue weighted by molar-refractivity contribution is 0.233. The summed E-state index contributed by atoms with van der Waals surface area (Å²) in [5.41, 5.74) is 0.193. The minimum absolute atomic E-state index is 0.0855. The highest BCUT2D eigenvalue weighted by Crippen LogP contribution is 2.40. The third-order valence-corrected chi connectivity index (χ3v) is 4.11. The van der Waals surface area contributed by atoms with Crippen LogP contribution in [0.25, 0.3) is 0 Å². The predicted octanol–water partition coefficient (Wildman–Crippen LogP) is 2.75. The average Bonchev–Trinajstić information content (AvgIpc) is 3.00. The van der Waals surface area contributed by atoms with Crippen LogP contribution < -0.4 is 0 Å². The SMILES string of the molecule is [O-][S+](c1nc2n(n1)[C@H](c1ccccc1F)C[C@@H]2F)C(F)F. The van der Waals surface area contributed by atoms with Gasteiger partial charge < -0.3 is 4.55 Å². The molecule has 3 rings (SSSR count). The van der Waals surface area contributed by atoms with Crippen molar-refractivity contribution in [3.8, 4) is 0 Å². The molecular formula is C12H9F4N3OS. The number of aromatic nitrogens is 3. The summed E-state index contributed by atoms with van der Waals surface area (Å²) in [5.74, 6) is -3.90. The van der Waals surface area contributed by atoms with Crippen LogP contribution in [0.2, 0.25) is 0 Å². The number of nitrogens with zero attached hydrogens (tertiary/aromatic N) is 3.